The molecule has 3 rings (SSSR count). The monoisotopic (exact) mass is 325 g/mol. The van der Waals surface area contributed by atoms with Crippen molar-refractivity contribution in [2.45, 2.75) is 36.9 Å². The molecule has 0 amide bonds. The van der Waals surface area contributed by atoms with Crippen molar-refractivity contribution in [1.82, 2.24) is 14.6 Å². The van der Waals surface area contributed by atoms with Crippen LogP contribution in [0.5, 0.6) is 0 Å². The molecule has 1 saturated carbocycles. The highest BCUT2D eigenvalue weighted by Gasteiger charge is 2.38. The van der Waals surface area contributed by atoms with E-state index in [1.165, 1.54) is 0 Å². The molecular weight excluding hydrogens is 306 g/mol. The molecule has 7 heteroatoms. The molecule has 0 unspecified atom stereocenters. The van der Waals surface area contributed by atoms with Gasteiger partial charge in [0.15, 0.2) is 0 Å². The van der Waals surface area contributed by atoms with Gasteiger partial charge in [0.2, 0.25) is 10.0 Å². The molecule has 2 aromatic rings. The molecule has 1 fully saturated rings. The number of sulfonamides is 1. The van der Waals surface area contributed by atoms with E-state index < -0.39 is 10.0 Å². The number of nitrogens with zero attached hydrogens (tertiary/aromatic N) is 1. The zero-order chi connectivity index (χ0) is 14.9. The lowest BCUT2D eigenvalue weighted by Crippen LogP contribution is -2.32. The molecule has 5 nitrogen and oxygen atoms in total. The van der Waals surface area contributed by atoms with Gasteiger partial charge in [-0.05, 0) is 48.3 Å². The maximum atomic E-state index is 12.8. The Morgan fingerprint density at radius 3 is 2.90 bits per heavy atom. The summed E-state index contributed by atoms with van der Waals surface area (Å²) in [5.74, 6) is 0. The molecule has 0 aliphatic heterocycles. The van der Waals surface area contributed by atoms with Crippen LogP contribution < -0.4 is 5.32 Å². The minimum atomic E-state index is -3.43. The molecule has 0 saturated heterocycles. The van der Waals surface area contributed by atoms with Gasteiger partial charge in [-0.15, -0.1) is 0 Å². The maximum Gasteiger partial charge on any atom is 0.245 e. The van der Waals surface area contributed by atoms with Crippen LogP contribution in [0.1, 0.15) is 24.1 Å². The van der Waals surface area contributed by atoms with Crippen molar-refractivity contribution >= 4 is 21.4 Å². The zero-order valence-corrected chi connectivity index (χ0v) is 13.5. The van der Waals surface area contributed by atoms with E-state index in [9.17, 15) is 8.42 Å². The predicted molar refractivity (Wildman–Crippen MR) is 83.6 cm³/mol. The van der Waals surface area contributed by atoms with Crippen LogP contribution in [0.4, 0.5) is 0 Å². The maximum absolute atomic E-state index is 12.8. The first-order valence-electron chi connectivity index (χ1n) is 6.96. The van der Waals surface area contributed by atoms with E-state index in [-0.39, 0.29) is 6.04 Å². The molecule has 114 valence electrons. The summed E-state index contributed by atoms with van der Waals surface area (Å²) in [6.07, 6.45) is 3.50. The van der Waals surface area contributed by atoms with Gasteiger partial charge in [0.1, 0.15) is 0 Å². The van der Waals surface area contributed by atoms with Crippen LogP contribution in [-0.2, 0) is 23.1 Å². The topological polar surface area (TPSA) is 65.2 Å². The van der Waals surface area contributed by atoms with Gasteiger partial charge in [-0.25, -0.2) is 8.42 Å². The molecule has 0 radical (unpaired) electrons. The second-order valence-electron chi connectivity index (χ2n) is 5.30. The number of aromatic amines is 1. The van der Waals surface area contributed by atoms with Crippen LogP contribution in [0.3, 0.4) is 0 Å². The van der Waals surface area contributed by atoms with Crippen molar-refractivity contribution in [2.75, 3.05) is 7.05 Å². The molecule has 0 bridgehead atoms. The first-order chi connectivity index (χ1) is 10.1. The van der Waals surface area contributed by atoms with Gasteiger partial charge in [-0.3, -0.25) is 0 Å². The van der Waals surface area contributed by atoms with Crippen LogP contribution in [0.15, 0.2) is 34.0 Å². The molecule has 0 aromatic carbocycles. The standard InChI is InChI=1S/C14H19N3O2S2/c1-15-7-12-6-14(8-16-12)21(18,19)17(13-2-3-13)9-11-4-5-20-10-11/h4-6,8,10,13,15-16H,2-3,7,9H2,1H3. The average molecular weight is 325 g/mol. The lowest BCUT2D eigenvalue weighted by atomic mass is 10.3. The van der Waals surface area contributed by atoms with Crippen molar-refractivity contribution < 1.29 is 8.42 Å². The van der Waals surface area contributed by atoms with E-state index in [1.54, 1.807) is 27.9 Å². The summed E-state index contributed by atoms with van der Waals surface area (Å²) in [7, 11) is -1.60. The molecular formula is C14H19N3O2S2. The van der Waals surface area contributed by atoms with Crippen LogP contribution in [0, 0.1) is 0 Å². The third-order valence-corrected chi connectivity index (χ3v) is 6.17. The van der Waals surface area contributed by atoms with Crippen molar-refractivity contribution in [1.29, 1.82) is 0 Å². The number of hydrogen-bond donors (Lipinski definition) is 2. The minimum Gasteiger partial charge on any atom is -0.363 e. The van der Waals surface area contributed by atoms with E-state index in [0.29, 0.717) is 18.0 Å². The molecule has 2 N–H and O–H groups in total. The van der Waals surface area contributed by atoms with Gasteiger partial charge in [0, 0.05) is 31.0 Å². The van der Waals surface area contributed by atoms with Crippen LogP contribution in [0.2, 0.25) is 0 Å². The normalized spacial score (nSPS) is 15.7. The summed E-state index contributed by atoms with van der Waals surface area (Å²) in [4.78, 5) is 3.38. The van der Waals surface area contributed by atoms with Crippen molar-refractivity contribution in [3.63, 3.8) is 0 Å². The summed E-state index contributed by atoms with van der Waals surface area (Å²) in [6, 6.07) is 3.85. The van der Waals surface area contributed by atoms with E-state index in [4.69, 9.17) is 0 Å². The number of hydrogen-bond acceptors (Lipinski definition) is 4. The summed E-state index contributed by atoms with van der Waals surface area (Å²) in [6.45, 7) is 1.09. The van der Waals surface area contributed by atoms with Gasteiger partial charge in [-0.1, -0.05) is 0 Å². The van der Waals surface area contributed by atoms with Crippen LogP contribution in [-0.4, -0.2) is 30.8 Å². The summed E-state index contributed by atoms with van der Waals surface area (Å²) >= 11 is 1.59. The predicted octanol–water partition coefficient (Wildman–Crippen LogP) is 2.15. The fourth-order valence-corrected chi connectivity index (χ4v) is 4.68. The Labute approximate surface area is 129 Å². The summed E-state index contributed by atoms with van der Waals surface area (Å²) < 4.78 is 27.3. The third-order valence-electron chi connectivity index (χ3n) is 3.56. The SMILES string of the molecule is CNCc1cc(S(=O)(=O)N(Cc2ccsc2)C2CC2)c[nH]1. The zero-order valence-electron chi connectivity index (χ0n) is 11.9. The van der Waals surface area contributed by atoms with Crippen LogP contribution >= 0.6 is 11.3 Å². The lowest BCUT2D eigenvalue weighted by molar-refractivity contribution is 0.399. The first kappa shape index (κ1) is 14.8. The first-order valence-corrected chi connectivity index (χ1v) is 9.34. The smallest absolute Gasteiger partial charge is 0.245 e. The lowest BCUT2D eigenvalue weighted by Gasteiger charge is -2.20. The Bertz CT molecular complexity index is 688. The molecule has 1 aliphatic carbocycles. The quantitative estimate of drug-likeness (QED) is 0.820. The van der Waals surface area contributed by atoms with E-state index in [0.717, 1.165) is 24.1 Å². The number of nitrogens with one attached hydrogen (secondary N) is 2. The summed E-state index contributed by atoms with van der Waals surface area (Å²) in [5.41, 5.74) is 1.93. The Kier molecular flexibility index (Phi) is 4.17. The molecule has 21 heavy (non-hydrogen) atoms. The second kappa shape index (κ2) is 5.92. The molecule has 2 heterocycles. The molecule has 2 aromatic heterocycles. The highest BCUT2D eigenvalue weighted by atomic mass is 32.2. The molecule has 1 aliphatic rings. The Morgan fingerprint density at radius 1 is 1.48 bits per heavy atom. The van der Waals surface area contributed by atoms with Crippen molar-refractivity contribution in [2.24, 2.45) is 0 Å². The van der Waals surface area contributed by atoms with Gasteiger partial charge in [0.05, 0.1) is 4.90 Å². The number of aromatic nitrogens is 1. The van der Waals surface area contributed by atoms with Gasteiger partial charge >= 0.3 is 0 Å². The minimum absolute atomic E-state index is 0.151. The van der Waals surface area contributed by atoms with Crippen molar-refractivity contribution in [3.8, 4) is 0 Å². The average Bonchev–Trinajstić information content (AvgIpc) is 2.96. The summed E-state index contributed by atoms with van der Waals surface area (Å²) in [5, 5.41) is 7.00. The molecule has 0 spiro atoms. The largest absolute Gasteiger partial charge is 0.363 e. The van der Waals surface area contributed by atoms with E-state index >= 15 is 0 Å². The number of H-pyrrole nitrogens is 1. The molecule has 0 atom stereocenters. The van der Waals surface area contributed by atoms with Gasteiger partial charge in [0.25, 0.3) is 0 Å². The Hall–Kier alpha value is -1.15. The fourth-order valence-electron chi connectivity index (χ4n) is 2.33. The van der Waals surface area contributed by atoms with E-state index in [2.05, 4.69) is 10.3 Å². The van der Waals surface area contributed by atoms with Gasteiger partial charge < -0.3 is 10.3 Å². The number of thiophene rings is 1. The highest BCUT2D eigenvalue weighted by Crippen LogP contribution is 2.33. The Balaban J connectivity index is 1.85. The fraction of sp³-hybridized carbons (Fsp3) is 0.429. The van der Waals surface area contributed by atoms with E-state index in [1.807, 2.05) is 23.9 Å². The van der Waals surface area contributed by atoms with Crippen LogP contribution in [0.25, 0.3) is 0 Å². The van der Waals surface area contributed by atoms with Gasteiger partial charge in [-0.2, -0.15) is 15.6 Å². The third kappa shape index (κ3) is 3.21. The van der Waals surface area contributed by atoms with Crippen molar-refractivity contribution in [3.05, 3.63) is 40.3 Å². The second-order valence-corrected chi connectivity index (χ2v) is 7.97. The number of rotatable bonds is 7. The Morgan fingerprint density at radius 2 is 2.29 bits per heavy atom. The highest BCUT2D eigenvalue weighted by molar-refractivity contribution is 7.89.